The van der Waals surface area contributed by atoms with Gasteiger partial charge in [0.05, 0.1) is 34.0 Å². The maximum atomic E-state index is 15.3. The number of ketones is 1. The Morgan fingerprint density at radius 1 is 1.00 bits per heavy atom. The zero-order valence-corrected chi connectivity index (χ0v) is 33.8. The van der Waals surface area contributed by atoms with Crippen LogP contribution in [0.25, 0.3) is 0 Å². The first-order valence-electron chi connectivity index (χ1n) is 17.5. The molecular formula is C40H49Cl2N3O7S. The summed E-state index contributed by atoms with van der Waals surface area (Å²) < 4.78 is 24.3. The zero-order valence-electron chi connectivity index (χ0n) is 31.5. The average Bonchev–Trinajstić information content (AvgIpc) is 3.08. The van der Waals surface area contributed by atoms with Crippen LogP contribution in [0.15, 0.2) is 71.1 Å². The second kappa shape index (κ2) is 17.0. The van der Waals surface area contributed by atoms with E-state index < -0.39 is 44.5 Å². The number of benzene rings is 3. The molecule has 10 nitrogen and oxygen atoms in total. The summed E-state index contributed by atoms with van der Waals surface area (Å²) in [5.41, 5.74) is 0.968. The van der Waals surface area contributed by atoms with Gasteiger partial charge in [0.2, 0.25) is 5.91 Å². The summed E-state index contributed by atoms with van der Waals surface area (Å²) in [6, 6.07) is 17.4. The Morgan fingerprint density at radius 3 is 2.21 bits per heavy atom. The molecule has 1 heterocycles. The second-order valence-corrected chi connectivity index (χ2v) is 18.6. The van der Waals surface area contributed by atoms with Crippen LogP contribution in [0.1, 0.15) is 86.5 Å². The highest BCUT2D eigenvalue weighted by Crippen LogP contribution is 2.53. The molecule has 5 atom stereocenters. The van der Waals surface area contributed by atoms with Crippen molar-refractivity contribution in [3.05, 3.63) is 99.0 Å². The van der Waals surface area contributed by atoms with Crippen LogP contribution in [-0.4, -0.2) is 81.1 Å². The van der Waals surface area contributed by atoms with Crippen LogP contribution in [-0.2, 0) is 25.7 Å². The molecule has 3 aromatic carbocycles. The number of nitrogens with zero attached hydrogens (tertiary/aromatic N) is 3. The van der Waals surface area contributed by atoms with E-state index in [1.54, 1.807) is 64.0 Å². The fraction of sp³-hybridized carbons (Fsp3) is 0.450. The fourth-order valence-electron chi connectivity index (χ4n) is 7.05. The lowest BCUT2D eigenvalue weighted by molar-refractivity contribution is -0.157. The van der Waals surface area contributed by atoms with Gasteiger partial charge in [-0.15, -0.1) is 4.36 Å². The summed E-state index contributed by atoms with van der Waals surface area (Å²) in [5, 5.41) is 10.1. The van der Waals surface area contributed by atoms with Crippen molar-refractivity contribution in [3.63, 3.8) is 0 Å². The molecule has 0 spiro atoms. The van der Waals surface area contributed by atoms with Gasteiger partial charge in [-0.25, -0.2) is 13.8 Å². The van der Waals surface area contributed by atoms with Crippen molar-refractivity contribution in [1.29, 1.82) is 0 Å². The number of carbonyl (C=O) groups excluding carboxylic acids is 3. The van der Waals surface area contributed by atoms with Crippen LogP contribution in [0.3, 0.4) is 0 Å². The molecule has 13 heteroatoms. The summed E-state index contributed by atoms with van der Waals surface area (Å²) in [6.07, 6.45) is 0.113. The first-order chi connectivity index (χ1) is 24.8. The van der Waals surface area contributed by atoms with E-state index in [4.69, 9.17) is 27.9 Å². The van der Waals surface area contributed by atoms with Gasteiger partial charge in [0.1, 0.15) is 17.1 Å². The molecule has 4 rings (SSSR count). The molecule has 3 aromatic rings. The summed E-state index contributed by atoms with van der Waals surface area (Å²) in [4.78, 5) is 56.9. The number of piperidine rings is 1. The third-order valence-corrected chi connectivity index (χ3v) is 13.2. The monoisotopic (exact) mass is 785 g/mol. The number of likely N-dealkylation sites (tertiary alicyclic amines) is 1. The van der Waals surface area contributed by atoms with E-state index in [-0.39, 0.29) is 59.9 Å². The lowest BCUT2D eigenvalue weighted by atomic mass is 9.66. The average molecular weight is 787 g/mol. The van der Waals surface area contributed by atoms with E-state index in [1.807, 2.05) is 44.2 Å². The molecule has 286 valence electrons. The van der Waals surface area contributed by atoms with Gasteiger partial charge >= 0.3 is 12.0 Å². The quantitative estimate of drug-likeness (QED) is 0.184. The van der Waals surface area contributed by atoms with E-state index in [0.717, 1.165) is 11.1 Å². The summed E-state index contributed by atoms with van der Waals surface area (Å²) in [7, 11) is 1.25. The van der Waals surface area contributed by atoms with Crippen molar-refractivity contribution >= 4 is 56.6 Å². The number of aromatic carboxylic acids is 1. The van der Waals surface area contributed by atoms with Gasteiger partial charge in [-0.05, 0) is 65.4 Å². The molecule has 53 heavy (non-hydrogen) atoms. The van der Waals surface area contributed by atoms with Gasteiger partial charge in [0, 0.05) is 54.2 Å². The van der Waals surface area contributed by atoms with E-state index in [2.05, 4.69) is 4.36 Å². The summed E-state index contributed by atoms with van der Waals surface area (Å²) in [5.74, 6) is -2.20. The number of carbonyl (C=O) groups is 4. The Labute approximate surface area is 323 Å². The maximum Gasteiger partial charge on any atom is 0.351 e. The molecule has 1 unspecified atom stereocenters. The zero-order chi connectivity index (χ0) is 39.4. The number of carboxylic acids is 1. The number of halogens is 2. The van der Waals surface area contributed by atoms with Crippen molar-refractivity contribution in [2.45, 2.75) is 77.1 Å². The second-order valence-electron chi connectivity index (χ2n) is 14.9. The number of Topliss-reactive ketones (excluding diaryl/α,β-unsaturated/α-hetero) is 1. The third-order valence-electron chi connectivity index (χ3n) is 9.96. The van der Waals surface area contributed by atoms with Crippen molar-refractivity contribution in [3.8, 4) is 5.75 Å². The molecule has 1 fully saturated rings. The molecule has 0 saturated carbocycles. The van der Waals surface area contributed by atoms with Crippen molar-refractivity contribution in [2.24, 2.45) is 15.7 Å². The highest BCUT2D eigenvalue weighted by atomic mass is 35.5. The predicted molar refractivity (Wildman–Crippen MR) is 210 cm³/mol. The molecule has 1 aliphatic heterocycles. The molecule has 3 amide bonds. The van der Waals surface area contributed by atoms with Gasteiger partial charge in [-0.2, -0.15) is 0 Å². The van der Waals surface area contributed by atoms with Gasteiger partial charge in [0.15, 0.2) is 0 Å². The van der Waals surface area contributed by atoms with Crippen LogP contribution in [0.4, 0.5) is 4.79 Å². The minimum absolute atomic E-state index is 0.0249. The van der Waals surface area contributed by atoms with E-state index in [9.17, 15) is 23.7 Å². The van der Waals surface area contributed by atoms with Crippen LogP contribution in [0.2, 0.25) is 10.0 Å². The van der Waals surface area contributed by atoms with Crippen molar-refractivity contribution < 1.29 is 33.2 Å². The Hall–Kier alpha value is -3.93. The number of hydrogen-bond donors (Lipinski definition) is 1. The Morgan fingerprint density at radius 2 is 1.66 bits per heavy atom. The van der Waals surface area contributed by atoms with Crippen LogP contribution in [0.5, 0.6) is 5.75 Å². The molecule has 0 aromatic heterocycles. The van der Waals surface area contributed by atoms with Crippen LogP contribution in [0, 0.1) is 11.3 Å². The van der Waals surface area contributed by atoms with Crippen molar-refractivity contribution in [2.75, 3.05) is 27.0 Å². The normalized spacial score (nSPS) is 20.5. The molecule has 0 bridgehead atoms. The molecule has 1 N–H and O–H groups in total. The third kappa shape index (κ3) is 9.60. The van der Waals surface area contributed by atoms with Crippen molar-refractivity contribution in [1.82, 2.24) is 9.80 Å². The van der Waals surface area contributed by atoms with Gasteiger partial charge in [0.25, 0.3) is 0 Å². The number of hydrogen-bond acceptors (Lipinski definition) is 6. The number of methoxy groups -OCH3 is 1. The summed E-state index contributed by atoms with van der Waals surface area (Å²) >= 11 is 12.9. The maximum absolute atomic E-state index is 15.3. The van der Waals surface area contributed by atoms with Gasteiger partial charge in [-0.3, -0.25) is 9.59 Å². The SMILES string of the molecule is COc1cc(CC(=O)C[C@@]2(C)C[C@H](c3cccc(Cl)c3)[C@@H](c3ccc(Cl)cc3)N([C@H](CS(=O)(=NC(=O)N(C)C)C(C)C)C(C)C)C2=O)ccc1C(=O)O. The van der Waals surface area contributed by atoms with Gasteiger partial charge in [-0.1, -0.05) is 88.2 Å². The fourth-order valence-corrected chi connectivity index (χ4v) is 9.50. The van der Waals surface area contributed by atoms with E-state index >= 15 is 4.79 Å². The first kappa shape index (κ1) is 41.8. The van der Waals surface area contributed by atoms with Gasteiger partial charge < -0.3 is 19.6 Å². The molecule has 1 aliphatic rings. The highest BCUT2D eigenvalue weighted by Gasteiger charge is 2.53. The first-order valence-corrected chi connectivity index (χ1v) is 20.0. The Kier molecular flexibility index (Phi) is 13.4. The van der Waals surface area contributed by atoms with E-state index in [1.165, 1.54) is 24.1 Å². The summed E-state index contributed by atoms with van der Waals surface area (Å²) in [6.45, 7) is 9.21. The minimum Gasteiger partial charge on any atom is -0.496 e. The number of rotatable bonds is 13. The smallest absolute Gasteiger partial charge is 0.351 e. The predicted octanol–water partition coefficient (Wildman–Crippen LogP) is 8.55. The Bertz CT molecular complexity index is 1970. The van der Waals surface area contributed by atoms with E-state index in [0.29, 0.717) is 15.6 Å². The lowest BCUT2D eigenvalue weighted by Gasteiger charge is -2.53. The molecule has 0 radical (unpaired) electrons. The number of carboxylic acid groups (broad SMARTS) is 1. The molecular weight excluding hydrogens is 737 g/mol. The Balaban J connectivity index is 1.91. The van der Waals surface area contributed by atoms with Crippen LogP contribution < -0.4 is 4.74 Å². The molecule has 1 saturated heterocycles. The largest absolute Gasteiger partial charge is 0.496 e. The number of ether oxygens (including phenoxy) is 1. The topological polar surface area (TPSA) is 134 Å². The van der Waals surface area contributed by atoms with Crippen LogP contribution >= 0.6 is 23.2 Å². The number of amides is 3. The standard InChI is InChI=1S/C40H49Cl2N3O7S/c1-24(2)34(23-53(51,25(3)4)43-39(50)44(6)7)45-36(27-13-15-29(41)16-14-27)33(28-10-9-11-30(42)20-28)22-40(5,38(45)49)21-31(46)18-26-12-17-32(37(47)48)35(19-26)52-8/h9-17,19-20,24-25,33-34,36H,18,21-23H2,1-8H3,(H,47,48)/t33-,34-,36-,40+,53?/m1/s1. The molecule has 0 aliphatic carbocycles. The number of urea groups is 1. The minimum atomic E-state index is -3.21. The highest BCUT2D eigenvalue weighted by molar-refractivity contribution is 7.94. The lowest BCUT2D eigenvalue weighted by Crippen LogP contribution is -2.59.